The smallest absolute Gasteiger partial charge is 0.307 e. The van der Waals surface area contributed by atoms with E-state index >= 15 is 0 Å². The third-order valence-corrected chi connectivity index (χ3v) is 7.32. The fraction of sp³-hybridized carbons (Fsp3) is 0.688. The van der Waals surface area contributed by atoms with E-state index in [2.05, 4.69) is 55.0 Å². The molecule has 0 bridgehead atoms. The van der Waals surface area contributed by atoms with Crippen LogP contribution in [0.25, 0.3) is 0 Å². The van der Waals surface area contributed by atoms with Gasteiger partial charge < -0.3 is 10.4 Å². The van der Waals surface area contributed by atoms with Gasteiger partial charge in [0.15, 0.2) is 0 Å². The van der Waals surface area contributed by atoms with Crippen LogP contribution in [-0.4, -0.2) is 17.1 Å². The van der Waals surface area contributed by atoms with Crippen molar-refractivity contribution >= 4 is 33.2 Å². The Morgan fingerprint density at radius 3 is 2.71 bits per heavy atom. The van der Waals surface area contributed by atoms with Gasteiger partial charge in [0.25, 0.3) is 0 Å². The molecule has 1 aliphatic carbocycles. The summed E-state index contributed by atoms with van der Waals surface area (Å²) in [7, 11) is 0. The van der Waals surface area contributed by atoms with Crippen LogP contribution in [0.5, 0.6) is 0 Å². The van der Waals surface area contributed by atoms with Crippen LogP contribution in [-0.2, 0) is 11.3 Å². The molecule has 1 aromatic rings. The van der Waals surface area contributed by atoms with E-state index in [-0.39, 0.29) is 11.3 Å². The first kappa shape index (κ1) is 17.0. The van der Waals surface area contributed by atoms with E-state index in [0.29, 0.717) is 12.0 Å². The van der Waals surface area contributed by atoms with Crippen molar-refractivity contribution < 1.29 is 9.90 Å². The molecular formula is C16H24BrNO2S. The quantitative estimate of drug-likeness (QED) is 0.820. The van der Waals surface area contributed by atoms with E-state index in [1.165, 1.54) is 14.2 Å². The van der Waals surface area contributed by atoms with Gasteiger partial charge in [0.05, 0.1) is 5.92 Å². The predicted molar refractivity (Wildman–Crippen MR) is 90.7 cm³/mol. The van der Waals surface area contributed by atoms with Gasteiger partial charge in [-0.1, -0.05) is 20.8 Å². The fourth-order valence-corrected chi connectivity index (χ4v) is 4.91. The van der Waals surface area contributed by atoms with Crippen LogP contribution < -0.4 is 5.32 Å². The highest BCUT2D eigenvalue weighted by atomic mass is 79.9. The number of carboxylic acids is 1. The fourth-order valence-electron chi connectivity index (χ4n) is 3.36. The van der Waals surface area contributed by atoms with Gasteiger partial charge >= 0.3 is 5.97 Å². The zero-order chi connectivity index (χ0) is 15.8. The minimum atomic E-state index is -0.650. The van der Waals surface area contributed by atoms with E-state index in [0.717, 1.165) is 19.4 Å². The number of nitrogens with one attached hydrogen (secondary N) is 1. The maximum atomic E-state index is 11.4. The van der Waals surface area contributed by atoms with Crippen LogP contribution in [0.3, 0.4) is 0 Å². The molecule has 0 aromatic carbocycles. The number of carbonyl (C=O) groups is 1. The van der Waals surface area contributed by atoms with Crippen molar-refractivity contribution in [3.63, 3.8) is 0 Å². The molecule has 2 N–H and O–H groups in total. The molecule has 1 fully saturated rings. The summed E-state index contributed by atoms with van der Waals surface area (Å²) in [6.07, 6.45) is 1.70. The molecule has 21 heavy (non-hydrogen) atoms. The molecular weight excluding hydrogens is 350 g/mol. The molecule has 0 amide bonds. The number of thiophene rings is 1. The zero-order valence-corrected chi connectivity index (χ0v) is 15.5. The summed E-state index contributed by atoms with van der Waals surface area (Å²) in [4.78, 5) is 14.0. The van der Waals surface area contributed by atoms with Gasteiger partial charge in [-0.2, -0.15) is 0 Å². The lowest BCUT2D eigenvalue weighted by Crippen LogP contribution is -2.50. The monoisotopic (exact) mass is 373 g/mol. The molecule has 3 nitrogen and oxygen atoms in total. The van der Waals surface area contributed by atoms with E-state index in [9.17, 15) is 9.90 Å². The normalized spacial score (nSPS) is 28.5. The Kier molecular flexibility index (Phi) is 5.16. The SMILES string of the molecule is Cc1sc(CNC2CCC(C(=O)O)C(C)(C)C2C)cc1Br. The Morgan fingerprint density at radius 2 is 2.19 bits per heavy atom. The van der Waals surface area contributed by atoms with E-state index in [1.54, 1.807) is 11.3 Å². The van der Waals surface area contributed by atoms with E-state index in [4.69, 9.17) is 0 Å². The molecule has 0 spiro atoms. The zero-order valence-electron chi connectivity index (χ0n) is 13.1. The van der Waals surface area contributed by atoms with Gasteiger partial charge in [-0.05, 0) is 53.1 Å². The van der Waals surface area contributed by atoms with Crippen LogP contribution in [0.4, 0.5) is 0 Å². The summed E-state index contributed by atoms with van der Waals surface area (Å²) < 4.78 is 1.17. The molecule has 118 valence electrons. The van der Waals surface area contributed by atoms with Gasteiger partial charge in [-0.3, -0.25) is 4.79 Å². The van der Waals surface area contributed by atoms with Crippen molar-refractivity contribution in [3.8, 4) is 0 Å². The first-order chi connectivity index (χ1) is 9.73. The Hall–Kier alpha value is -0.390. The highest BCUT2D eigenvalue weighted by Gasteiger charge is 2.45. The third-order valence-electron chi connectivity index (χ3n) is 5.19. The molecule has 2 rings (SSSR count). The van der Waals surface area contributed by atoms with Gasteiger partial charge in [-0.15, -0.1) is 11.3 Å². The molecule has 1 heterocycles. The van der Waals surface area contributed by atoms with Crippen LogP contribution in [0.1, 0.15) is 43.4 Å². The summed E-state index contributed by atoms with van der Waals surface area (Å²) in [5, 5.41) is 13.0. The number of carboxylic acid groups (broad SMARTS) is 1. The molecule has 1 aliphatic rings. The molecule has 3 atom stereocenters. The molecule has 5 heteroatoms. The van der Waals surface area contributed by atoms with Crippen molar-refractivity contribution in [1.29, 1.82) is 0 Å². The van der Waals surface area contributed by atoms with Gasteiger partial charge in [0.1, 0.15) is 0 Å². The molecule has 1 saturated carbocycles. The van der Waals surface area contributed by atoms with E-state index < -0.39 is 5.97 Å². The summed E-state index contributed by atoms with van der Waals surface area (Å²) in [6, 6.07) is 2.56. The second-order valence-corrected chi connectivity index (χ2v) is 8.88. The molecule has 0 saturated heterocycles. The van der Waals surface area contributed by atoms with Crippen molar-refractivity contribution in [2.45, 2.75) is 53.1 Å². The number of aliphatic carboxylic acids is 1. The van der Waals surface area contributed by atoms with Crippen LogP contribution in [0.2, 0.25) is 0 Å². The summed E-state index contributed by atoms with van der Waals surface area (Å²) in [5.41, 5.74) is -0.173. The Morgan fingerprint density at radius 1 is 1.52 bits per heavy atom. The number of hydrogen-bond donors (Lipinski definition) is 2. The second kappa shape index (κ2) is 6.39. The first-order valence-corrected chi connectivity index (χ1v) is 9.05. The number of rotatable bonds is 4. The Balaban J connectivity index is 2.00. The maximum Gasteiger partial charge on any atom is 0.307 e. The van der Waals surface area contributed by atoms with Crippen molar-refractivity contribution in [3.05, 3.63) is 20.3 Å². The standard InChI is InChI=1S/C16H24BrNO2S/c1-9-14(6-5-12(15(19)20)16(9,3)4)18-8-11-7-13(17)10(2)21-11/h7,9,12,14,18H,5-6,8H2,1-4H3,(H,19,20). The lowest BCUT2D eigenvalue weighted by Gasteiger charge is -2.46. The minimum absolute atomic E-state index is 0.173. The van der Waals surface area contributed by atoms with Gasteiger partial charge in [0.2, 0.25) is 0 Å². The second-order valence-electron chi connectivity index (χ2n) is 6.68. The average molecular weight is 374 g/mol. The number of hydrogen-bond acceptors (Lipinski definition) is 3. The highest BCUT2D eigenvalue weighted by Crippen LogP contribution is 2.45. The maximum absolute atomic E-state index is 11.4. The van der Waals surface area contributed by atoms with Crippen LogP contribution in [0, 0.1) is 24.2 Å². The lowest BCUT2D eigenvalue weighted by atomic mass is 9.61. The predicted octanol–water partition coefficient (Wildman–Crippen LogP) is 4.43. The Labute approximate surface area is 139 Å². The lowest BCUT2D eigenvalue weighted by molar-refractivity contribution is -0.150. The van der Waals surface area contributed by atoms with Crippen molar-refractivity contribution in [1.82, 2.24) is 5.32 Å². The summed E-state index contributed by atoms with van der Waals surface area (Å²) in [6.45, 7) is 9.34. The summed E-state index contributed by atoms with van der Waals surface area (Å²) >= 11 is 5.36. The number of halogens is 1. The van der Waals surface area contributed by atoms with Crippen LogP contribution in [0.15, 0.2) is 10.5 Å². The Bertz CT molecular complexity index is 507. The van der Waals surface area contributed by atoms with Crippen molar-refractivity contribution in [2.75, 3.05) is 0 Å². The van der Waals surface area contributed by atoms with Gasteiger partial charge in [-0.25, -0.2) is 0 Å². The summed E-state index contributed by atoms with van der Waals surface area (Å²) in [5.74, 6) is -0.538. The van der Waals surface area contributed by atoms with Gasteiger partial charge in [0, 0.05) is 26.8 Å². The highest BCUT2D eigenvalue weighted by molar-refractivity contribution is 9.10. The first-order valence-electron chi connectivity index (χ1n) is 7.44. The topological polar surface area (TPSA) is 49.3 Å². The van der Waals surface area contributed by atoms with E-state index in [1.807, 2.05) is 0 Å². The van der Waals surface area contributed by atoms with Crippen LogP contribution >= 0.6 is 27.3 Å². The molecule has 0 aliphatic heterocycles. The molecule has 0 radical (unpaired) electrons. The largest absolute Gasteiger partial charge is 0.481 e. The molecule has 3 unspecified atom stereocenters. The molecule has 1 aromatic heterocycles. The average Bonchev–Trinajstić information content (AvgIpc) is 2.70. The third kappa shape index (κ3) is 3.51. The minimum Gasteiger partial charge on any atom is -0.481 e. The van der Waals surface area contributed by atoms with Crippen molar-refractivity contribution in [2.24, 2.45) is 17.3 Å². The number of aryl methyl sites for hydroxylation is 1.